The molecule has 1 aromatic carbocycles. The molecule has 106 valence electrons. The molecule has 20 heavy (non-hydrogen) atoms. The molecular weight excluding hydrogens is 252 g/mol. The summed E-state index contributed by atoms with van der Waals surface area (Å²) in [5.74, 6) is -0.181. The van der Waals surface area contributed by atoms with Crippen LogP contribution in [0.25, 0.3) is 0 Å². The Labute approximate surface area is 119 Å². The normalized spacial score (nSPS) is 13.7. The molecule has 0 amide bonds. The minimum atomic E-state index is -0.235. The first-order valence-electron chi connectivity index (χ1n) is 6.86. The highest BCUT2D eigenvalue weighted by Crippen LogP contribution is 2.32. The van der Waals surface area contributed by atoms with Crippen molar-refractivity contribution in [2.45, 2.75) is 38.7 Å². The second-order valence-corrected chi connectivity index (χ2v) is 5.25. The van der Waals surface area contributed by atoms with E-state index >= 15 is 0 Å². The fourth-order valence-electron chi connectivity index (χ4n) is 2.15. The fraction of sp³-hybridized carbons (Fsp3) is 0.353. The van der Waals surface area contributed by atoms with Gasteiger partial charge in [0, 0.05) is 5.41 Å². The number of rotatable bonds is 6. The van der Waals surface area contributed by atoms with Crippen LogP contribution in [0.3, 0.4) is 0 Å². The Balaban J connectivity index is 1.93. The van der Waals surface area contributed by atoms with Gasteiger partial charge in [0.1, 0.15) is 6.61 Å². The largest absolute Gasteiger partial charge is 0.472 e. The third kappa shape index (κ3) is 3.50. The van der Waals surface area contributed by atoms with Crippen LogP contribution in [-0.2, 0) is 21.6 Å². The van der Waals surface area contributed by atoms with Gasteiger partial charge >= 0.3 is 5.97 Å². The zero-order valence-corrected chi connectivity index (χ0v) is 12.0. The summed E-state index contributed by atoms with van der Waals surface area (Å²) in [5.41, 5.74) is 1.81. The number of carbonyl (C=O) groups excluding carboxylic acids is 1. The molecule has 1 aromatic heterocycles. The van der Waals surface area contributed by atoms with E-state index in [1.165, 1.54) is 0 Å². The molecule has 3 heteroatoms. The fourth-order valence-corrected chi connectivity index (χ4v) is 2.15. The van der Waals surface area contributed by atoms with Crippen molar-refractivity contribution in [3.8, 4) is 0 Å². The molecule has 1 unspecified atom stereocenters. The van der Waals surface area contributed by atoms with Gasteiger partial charge in [-0.15, -0.1) is 0 Å². The van der Waals surface area contributed by atoms with E-state index in [1.54, 1.807) is 12.5 Å². The van der Waals surface area contributed by atoms with E-state index in [0.29, 0.717) is 13.0 Å². The number of hydrogen-bond donors (Lipinski definition) is 0. The Morgan fingerprint density at radius 3 is 2.60 bits per heavy atom. The molecule has 0 aliphatic rings. The molecule has 2 rings (SSSR count). The molecule has 0 N–H and O–H groups in total. The summed E-state index contributed by atoms with van der Waals surface area (Å²) in [7, 11) is 0. The van der Waals surface area contributed by atoms with Crippen LogP contribution in [-0.4, -0.2) is 5.97 Å². The summed E-state index contributed by atoms with van der Waals surface area (Å²) in [6.45, 7) is 4.45. The number of carbonyl (C=O) groups is 1. The molecule has 2 aromatic rings. The van der Waals surface area contributed by atoms with E-state index in [1.807, 2.05) is 36.4 Å². The lowest BCUT2D eigenvalue weighted by Crippen LogP contribution is -2.25. The van der Waals surface area contributed by atoms with Gasteiger partial charge in [0.2, 0.25) is 0 Å². The molecule has 1 heterocycles. The smallest absolute Gasteiger partial charge is 0.307 e. The summed E-state index contributed by atoms with van der Waals surface area (Å²) in [6, 6.07) is 11.6. The Kier molecular flexibility index (Phi) is 4.61. The molecule has 0 fully saturated rings. The topological polar surface area (TPSA) is 39.4 Å². The SMILES string of the molecule is CCC(C)(CC(=O)OCc1ccccc1)c1ccoc1. The van der Waals surface area contributed by atoms with Crippen LogP contribution in [0.15, 0.2) is 53.3 Å². The van der Waals surface area contributed by atoms with Crippen LogP contribution in [0, 0.1) is 0 Å². The summed E-state index contributed by atoms with van der Waals surface area (Å²) in [5, 5.41) is 0. The Morgan fingerprint density at radius 2 is 2.00 bits per heavy atom. The molecule has 0 aliphatic heterocycles. The van der Waals surface area contributed by atoms with Crippen LogP contribution in [0.5, 0.6) is 0 Å². The van der Waals surface area contributed by atoms with E-state index < -0.39 is 0 Å². The number of ether oxygens (including phenoxy) is 1. The van der Waals surface area contributed by atoms with E-state index in [4.69, 9.17) is 9.15 Å². The van der Waals surface area contributed by atoms with Crippen LogP contribution in [0.2, 0.25) is 0 Å². The number of furan rings is 1. The first kappa shape index (κ1) is 14.4. The van der Waals surface area contributed by atoms with Crippen LogP contribution < -0.4 is 0 Å². The summed E-state index contributed by atoms with van der Waals surface area (Å²) < 4.78 is 10.5. The zero-order chi connectivity index (χ0) is 14.4. The average molecular weight is 272 g/mol. The van der Waals surface area contributed by atoms with Gasteiger partial charge in [-0.05, 0) is 23.6 Å². The van der Waals surface area contributed by atoms with Crippen molar-refractivity contribution in [3.05, 3.63) is 60.1 Å². The lowest BCUT2D eigenvalue weighted by molar-refractivity contribution is -0.146. The lowest BCUT2D eigenvalue weighted by Gasteiger charge is -2.25. The minimum absolute atomic E-state index is 0.181. The van der Waals surface area contributed by atoms with Gasteiger partial charge in [-0.25, -0.2) is 0 Å². The Morgan fingerprint density at radius 1 is 1.25 bits per heavy atom. The van der Waals surface area contributed by atoms with Crippen LogP contribution in [0.1, 0.15) is 37.8 Å². The van der Waals surface area contributed by atoms with Crippen molar-refractivity contribution >= 4 is 5.97 Å². The van der Waals surface area contributed by atoms with Crippen LogP contribution in [0.4, 0.5) is 0 Å². The molecule has 0 saturated carbocycles. The Hall–Kier alpha value is -2.03. The van der Waals surface area contributed by atoms with E-state index in [0.717, 1.165) is 17.5 Å². The van der Waals surface area contributed by atoms with Crippen molar-refractivity contribution in [2.24, 2.45) is 0 Å². The van der Waals surface area contributed by atoms with Crippen molar-refractivity contribution in [3.63, 3.8) is 0 Å². The second-order valence-electron chi connectivity index (χ2n) is 5.25. The van der Waals surface area contributed by atoms with Crippen molar-refractivity contribution in [1.82, 2.24) is 0 Å². The van der Waals surface area contributed by atoms with Gasteiger partial charge in [-0.3, -0.25) is 4.79 Å². The van der Waals surface area contributed by atoms with Gasteiger partial charge < -0.3 is 9.15 Å². The molecule has 0 bridgehead atoms. The molecule has 0 saturated heterocycles. The molecular formula is C17H20O3. The molecule has 3 nitrogen and oxygen atoms in total. The summed E-state index contributed by atoms with van der Waals surface area (Å²) in [4.78, 5) is 12.0. The zero-order valence-electron chi connectivity index (χ0n) is 12.0. The minimum Gasteiger partial charge on any atom is -0.472 e. The van der Waals surface area contributed by atoms with Crippen molar-refractivity contribution < 1.29 is 13.9 Å². The maximum Gasteiger partial charge on any atom is 0.307 e. The summed E-state index contributed by atoms with van der Waals surface area (Å²) in [6.07, 6.45) is 4.55. The first-order valence-corrected chi connectivity index (χ1v) is 6.86. The van der Waals surface area contributed by atoms with Crippen molar-refractivity contribution in [2.75, 3.05) is 0 Å². The third-order valence-corrected chi connectivity index (χ3v) is 3.78. The summed E-state index contributed by atoms with van der Waals surface area (Å²) >= 11 is 0. The maximum atomic E-state index is 12.0. The highest BCUT2D eigenvalue weighted by molar-refractivity contribution is 5.71. The van der Waals surface area contributed by atoms with Gasteiger partial charge in [0.25, 0.3) is 0 Å². The van der Waals surface area contributed by atoms with Gasteiger partial charge in [-0.1, -0.05) is 44.2 Å². The number of hydrogen-bond acceptors (Lipinski definition) is 3. The van der Waals surface area contributed by atoms with Gasteiger partial charge in [-0.2, -0.15) is 0 Å². The monoisotopic (exact) mass is 272 g/mol. The van der Waals surface area contributed by atoms with E-state index in [9.17, 15) is 4.79 Å². The predicted molar refractivity (Wildman–Crippen MR) is 77.2 cm³/mol. The average Bonchev–Trinajstić information content (AvgIpc) is 3.01. The van der Waals surface area contributed by atoms with Gasteiger partial charge in [0.15, 0.2) is 0 Å². The Bertz CT molecular complexity index is 531. The number of benzene rings is 1. The highest BCUT2D eigenvalue weighted by atomic mass is 16.5. The van der Waals surface area contributed by atoms with E-state index in [2.05, 4.69) is 13.8 Å². The number of esters is 1. The molecule has 0 aliphatic carbocycles. The third-order valence-electron chi connectivity index (χ3n) is 3.78. The quantitative estimate of drug-likeness (QED) is 0.744. The predicted octanol–water partition coefficient (Wildman–Crippen LogP) is 4.08. The second kappa shape index (κ2) is 6.42. The molecule has 0 spiro atoms. The lowest BCUT2D eigenvalue weighted by atomic mass is 9.79. The van der Waals surface area contributed by atoms with E-state index in [-0.39, 0.29) is 11.4 Å². The highest BCUT2D eigenvalue weighted by Gasteiger charge is 2.29. The van der Waals surface area contributed by atoms with Crippen molar-refractivity contribution in [1.29, 1.82) is 0 Å². The van der Waals surface area contributed by atoms with Gasteiger partial charge in [0.05, 0.1) is 18.9 Å². The maximum absolute atomic E-state index is 12.0. The molecule has 1 atom stereocenters. The standard InChI is InChI=1S/C17H20O3/c1-3-17(2,15-9-10-19-13-15)11-16(18)20-12-14-7-5-4-6-8-14/h4-10,13H,3,11-12H2,1-2H3. The first-order chi connectivity index (χ1) is 9.64. The molecule has 0 radical (unpaired) electrons. The van der Waals surface area contributed by atoms with Crippen LogP contribution >= 0.6 is 0 Å².